The van der Waals surface area contributed by atoms with Crippen LogP contribution in [0.4, 0.5) is 0 Å². The molecule has 0 atom stereocenters. The Balaban J connectivity index is 1.72. The first-order valence-electron chi connectivity index (χ1n) is 7.28. The maximum atomic E-state index is 2.48. The average Bonchev–Trinajstić information content (AvgIpc) is 2.39. The molecule has 1 fully saturated rings. The van der Waals surface area contributed by atoms with E-state index in [0.717, 1.165) is 11.8 Å². The highest BCUT2D eigenvalue weighted by atomic mass is 14.3. The van der Waals surface area contributed by atoms with E-state index >= 15 is 0 Å². The van der Waals surface area contributed by atoms with Gasteiger partial charge in [-0.05, 0) is 36.7 Å². The zero-order chi connectivity index (χ0) is 11.9. The molecule has 0 aliphatic heterocycles. The first-order valence-corrected chi connectivity index (χ1v) is 7.28. The van der Waals surface area contributed by atoms with Crippen molar-refractivity contribution in [2.45, 2.75) is 51.9 Å². The van der Waals surface area contributed by atoms with E-state index in [1.807, 2.05) is 0 Å². The third-order valence-corrected chi connectivity index (χ3v) is 4.09. The molecule has 2 rings (SSSR count). The van der Waals surface area contributed by atoms with Gasteiger partial charge in [0, 0.05) is 0 Å². The molecule has 1 radical (unpaired) electrons. The van der Waals surface area contributed by atoms with Crippen LogP contribution < -0.4 is 0 Å². The molecule has 1 aromatic carbocycles. The minimum atomic E-state index is 0.829. The van der Waals surface area contributed by atoms with E-state index in [9.17, 15) is 0 Å². The molecule has 0 heterocycles. The Bertz CT molecular complexity index is 293. The molecule has 0 unspecified atom stereocenters. The molecule has 0 saturated heterocycles. The van der Waals surface area contributed by atoms with Crippen molar-refractivity contribution in [2.24, 2.45) is 11.8 Å². The van der Waals surface area contributed by atoms with E-state index in [-0.39, 0.29) is 0 Å². The molecule has 0 aromatic heterocycles. The van der Waals surface area contributed by atoms with Gasteiger partial charge in [0.05, 0.1) is 0 Å². The first-order chi connectivity index (χ1) is 8.38. The summed E-state index contributed by atoms with van der Waals surface area (Å²) in [5.74, 6) is 1.85. The van der Waals surface area contributed by atoms with Gasteiger partial charge in [-0.1, -0.05) is 69.4 Å². The van der Waals surface area contributed by atoms with E-state index in [1.54, 1.807) is 0 Å². The molecule has 17 heavy (non-hydrogen) atoms. The Morgan fingerprint density at radius 1 is 1.06 bits per heavy atom. The average molecular weight is 229 g/mol. The van der Waals surface area contributed by atoms with Crippen LogP contribution in [0.5, 0.6) is 0 Å². The Hall–Kier alpha value is -0.780. The summed E-state index contributed by atoms with van der Waals surface area (Å²) in [5.41, 5.74) is 1.41. The zero-order valence-corrected chi connectivity index (χ0v) is 11.1. The van der Waals surface area contributed by atoms with E-state index in [1.165, 1.54) is 50.5 Å². The van der Waals surface area contributed by atoms with Crippen LogP contribution in [-0.2, 0) is 0 Å². The van der Waals surface area contributed by atoms with Crippen LogP contribution in [0.1, 0.15) is 57.4 Å². The van der Waals surface area contributed by atoms with Crippen LogP contribution in [0.3, 0.4) is 0 Å². The summed E-state index contributed by atoms with van der Waals surface area (Å²) >= 11 is 0. The second-order valence-electron chi connectivity index (χ2n) is 5.50. The van der Waals surface area contributed by atoms with Crippen LogP contribution in [0, 0.1) is 18.3 Å². The van der Waals surface area contributed by atoms with Gasteiger partial charge in [-0.3, -0.25) is 0 Å². The predicted octanol–water partition coefficient (Wildman–Crippen LogP) is 5.24. The highest BCUT2D eigenvalue weighted by molar-refractivity contribution is 5.23. The predicted molar refractivity (Wildman–Crippen MR) is 74.8 cm³/mol. The largest absolute Gasteiger partial charge is 0.0654 e. The Morgan fingerprint density at radius 2 is 1.76 bits per heavy atom. The highest BCUT2D eigenvalue weighted by Crippen LogP contribution is 2.34. The van der Waals surface area contributed by atoms with Gasteiger partial charge in [0.1, 0.15) is 0 Å². The Labute approximate surface area is 106 Å². The van der Waals surface area contributed by atoms with Crippen molar-refractivity contribution in [3.8, 4) is 0 Å². The molecule has 0 spiro atoms. The lowest BCUT2D eigenvalue weighted by atomic mass is 9.77. The summed E-state index contributed by atoms with van der Waals surface area (Å²) in [6, 6.07) is 10.8. The molecule has 1 saturated carbocycles. The number of hydrogen-bond acceptors (Lipinski definition) is 0. The number of benzene rings is 1. The van der Waals surface area contributed by atoms with Crippen LogP contribution >= 0.6 is 0 Å². The maximum absolute atomic E-state index is 2.48. The van der Waals surface area contributed by atoms with Gasteiger partial charge in [-0.15, -0.1) is 0 Å². The second-order valence-corrected chi connectivity index (χ2v) is 5.50. The van der Waals surface area contributed by atoms with Crippen molar-refractivity contribution in [3.63, 3.8) is 0 Å². The lowest BCUT2D eigenvalue weighted by molar-refractivity contribution is 0.283. The fourth-order valence-electron chi connectivity index (χ4n) is 2.97. The summed E-state index contributed by atoms with van der Waals surface area (Å²) in [6.45, 7) is 2.30. The van der Waals surface area contributed by atoms with Crippen molar-refractivity contribution in [2.75, 3.05) is 0 Å². The second kappa shape index (κ2) is 6.83. The molecule has 0 nitrogen and oxygen atoms in total. The lowest BCUT2D eigenvalue weighted by Crippen LogP contribution is -2.15. The summed E-state index contributed by atoms with van der Waals surface area (Å²) < 4.78 is 0. The monoisotopic (exact) mass is 229 g/mol. The molecule has 0 bridgehead atoms. The molecule has 0 N–H and O–H groups in total. The topological polar surface area (TPSA) is 0 Å². The fraction of sp³-hybridized carbons (Fsp3) is 0.588. The van der Waals surface area contributed by atoms with Crippen molar-refractivity contribution in [3.05, 3.63) is 42.3 Å². The van der Waals surface area contributed by atoms with Crippen LogP contribution in [-0.4, -0.2) is 0 Å². The fourth-order valence-corrected chi connectivity index (χ4v) is 2.97. The summed E-state index contributed by atoms with van der Waals surface area (Å²) in [7, 11) is 0. The van der Waals surface area contributed by atoms with Gasteiger partial charge < -0.3 is 0 Å². The zero-order valence-electron chi connectivity index (χ0n) is 11.1. The SMILES string of the molecule is CCCCC1CCC([CH]c2ccccc2)CC1. The smallest absolute Gasteiger partial charge is 0.00621 e. The van der Waals surface area contributed by atoms with Gasteiger partial charge in [0.25, 0.3) is 0 Å². The normalized spacial score (nSPS) is 24.8. The summed E-state index contributed by atoms with van der Waals surface area (Å²) in [6.07, 6.45) is 12.5. The minimum absolute atomic E-state index is 0.829. The van der Waals surface area contributed by atoms with Crippen molar-refractivity contribution >= 4 is 0 Å². The van der Waals surface area contributed by atoms with E-state index in [0.29, 0.717) is 0 Å². The van der Waals surface area contributed by atoms with Crippen molar-refractivity contribution < 1.29 is 0 Å². The van der Waals surface area contributed by atoms with Gasteiger partial charge in [0.2, 0.25) is 0 Å². The van der Waals surface area contributed by atoms with E-state index in [4.69, 9.17) is 0 Å². The van der Waals surface area contributed by atoms with Gasteiger partial charge >= 0.3 is 0 Å². The third-order valence-electron chi connectivity index (χ3n) is 4.09. The Kier molecular flexibility index (Phi) is 5.09. The number of hydrogen-bond donors (Lipinski definition) is 0. The third kappa shape index (κ3) is 4.18. The number of unbranched alkanes of at least 4 members (excludes halogenated alkanes) is 1. The maximum Gasteiger partial charge on any atom is -0.00621 e. The van der Waals surface area contributed by atoms with Crippen LogP contribution in [0.15, 0.2) is 30.3 Å². The standard InChI is InChI=1S/C17H25/c1-2-3-7-15-10-12-17(13-11-15)14-16-8-5-4-6-9-16/h4-6,8-9,14-15,17H,2-3,7,10-13H2,1H3. The Morgan fingerprint density at radius 3 is 2.41 bits per heavy atom. The minimum Gasteiger partial charge on any atom is -0.0654 e. The van der Waals surface area contributed by atoms with Crippen LogP contribution in [0.25, 0.3) is 0 Å². The van der Waals surface area contributed by atoms with Crippen molar-refractivity contribution in [1.29, 1.82) is 0 Å². The number of rotatable bonds is 5. The van der Waals surface area contributed by atoms with E-state index < -0.39 is 0 Å². The molecular weight excluding hydrogens is 204 g/mol. The molecule has 1 aliphatic carbocycles. The molecule has 93 valence electrons. The summed E-state index contributed by atoms with van der Waals surface area (Å²) in [5, 5.41) is 0. The first kappa shape index (κ1) is 12.7. The van der Waals surface area contributed by atoms with Gasteiger partial charge in [0.15, 0.2) is 0 Å². The molecule has 0 amide bonds. The molecule has 1 aromatic rings. The van der Waals surface area contributed by atoms with Gasteiger partial charge in [-0.2, -0.15) is 0 Å². The van der Waals surface area contributed by atoms with Crippen LogP contribution in [0.2, 0.25) is 0 Å². The lowest BCUT2D eigenvalue weighted by Gasteiger charge is -2.28. The highest BCUT2D eigenvalue weighted by Gasteiger charge is 2.20. The summed E-state index contributed by atoms with van der Waals surface area (Å²) in [4.78, 5) is 0. The van der Waals surface area contributed by atoms with Crippen molar-refractivity contribution in [1.82, 2.24) is 0 Å². The quantitative estimate of drug-likeness (QED) is 0.648. The molecule has 1 aliphatic rings. The van der Waals surface area contributed by atoms with Gasteiger partial charge in [-0.25, -0.2) is 0 Å². The molecular formula is C17H25. The molecule has 0 heteroatoms. The van der Waals surface area contributed by atoms with E-state index in [2.05, 4.69) is 43.7 Å².